The molecule has 0 spiro atoms. The fourth-order valence-corrected chi connectivity index (χ4v) is 2.43. The molecule has 3 nitrogen and oxygen atoms in total. The van der Waals surface area contributed by atoms with Gasteiger partial charge in [0.25, 0.3) is 11.8 Å². The van der Waals surface area contributed by atoms with Crippen molar-refractivity contribution in [3.05, 3.63) is 35.4 Å². The van der Waals surface area contributed by atoms with Crippen LogP contribution in [-0.2, 0) is 0 Å². The molecule has 110 valence electrons. The first-order valence-corrected chi connectivity index (χ1v) is 7.53. The molecule has 1 aromatic rings. The lowest BCUT2D eigenvalue weighted by Gasteiger charge is -2.24. The van der Waals surface area contributed by atoms with Crippen molar-refractivity contribution in [3.8, 4) is 11.8 Å². The number of nitrogens with zero attached hydrogens (tertiary/aromatic N) is 1. The van der Waals surface area contributed by atoms with Crippen molar-refractivity contribution in [2.24, 2.45) is 5.92 Å². The van der Waals surface area contributed by atoms with Gasteiger partial charge < -0.3 is 0 Å². The maximum atomic E-state index is 12.5. The summed E-state index contributed by atoms with van der Waals surface area (Å²) in [7, 11) is 0. The Morgan fingerprint density at radius 2 is 1.67 bits per heavy atom. The average molecular weight is 283 g/mol. The summed E-state index contributed by atoms with van der Waals surface area (Å²) in [4.78, 5) is 26.3. The van der Waals surface area contributed by atoms with Crippen LogP contribution in [0.4, 0.5) is 0 Å². The third-order valence-electron chi connectivity index (χ3n) is 3.64. The minimum atomic E-state index is -0.353. The van der Waals surface area contributed by atoms with Crippen molar-refractivity contribution in [2.75, 3.05) is 0 Å². The number of fused-ring (bicyclic) bond motifs is 1. The van der Waals surface area contributed by atoms with E-state index in [2.05, 4.69) is 18.8 Å². The molecule has 0 radical (unpaired) electrons. The molecular weight excluding hydrogens is 262 g/mol. The number of carbonyl (C=O) groups excluding carboxylic acids is 2. The van der Waals surface area contributed by atoms with Gasteiger partial charge >= 0.3 is 0 Å². The Balaban J connectivity index is 2.28. The highest BCUT2D eigenvalue weighted by Crippen LogP contribution is 2.26. The van der Waals surface area contributed by atoms with E-state index < -0.39 is 0 Å². The summed E-state index contributed by atoms with van der Waals surface area (Å²) in [6.07, 6.45) is 2.94. The third-order valence-corrected chi connectivity index (χ3v) is 3.64. The molecule has 1 unspecified atom stereocenters. The summed E-state index contributed by atoms with van der Waals surface area (Å²) in [5.41, 5.74) is 0.979. The Labute approximate surface area is 126 Å². The monoisotopic (exact) mass is 283 g/mol. The van der Waals surface area contributed by atoms with Crippen molar-refractivity contribution in [2.45, 2.75) is 46.1 Å². The Kier molecular flexibility index (Phi) is 4.80. The van der Waals surface area contributed by atoms with E-state index in [0.717, 1.165) is 19.3 Å². The molecule has 0 aromatic heterocycles. The summed E-state index contributed by atoms with van der Waals surface area (Å²) >= 11 is 0. The van der Waals surface area contributed by atoms with Crippen molar-refractivity contribution in [1.29, 1.82) is 0 Å². The lowest BCUT2D eigenvalue weighted by Crippen LogP contribution is -2.42. The number of rotatable bonds is 4. The molecule has 1 heterocycles. The Bertz CT molecular complexity index is 572. The maximum absolute atomic E-state index is 12.5. The van der Waals surface area contributed by atoms with Gasteiger partial charge in [0.05, 0.1) is 11.1 Å². The predicted octanol–water partition coefficient (Wildman–Crippen LogP) is 3.50. The molecule has 3 heteroatoms. The van der Waals surface area contributed by atoms with Crippen LogP contribution in [0.5, 0.6) is 0 Å². The van der Waals surface area contributed by atoms with Gasteiger partial charge in [-0.25, -0.2) is 0 Å². The van der Waals surface area contributed by atoms with Crippen molar-refractivity contribution in [1.82, 2.24) is 4.90 Å². The number of carbonyl (C=O) groups is 2. The van der Waals surface area contributed by atoms with Crippen LogP contribution < -0.4 is 0 Å². The largest absolute Gasteiger partial charge is 0.269 e. The molecule has 1 aliphatic heterocycles. The summed E-state index contributed by atoms with van der Waals surface area (Å²) in [5.74, 6) is 5.91. The van der Waals surface area contributed by atoms with E-state index in [1.165, 1.54) is 4.90 Å². The predicted molar refractivity (Wildman–Crippen MR) is 82.9 cm³/mol. The second-order valence-corrected chi connectivity index (χ2v) is 5.64. The van der Waals surface area contributed by atoms with E-state index in [4.69, 9.17) is 0 Å². The second kappa shape index (κ2) is 6.58. The Hall–Kier alpha value is -2.08. The second-order valence-electron chi connectivity index (χ2n) is 5.64. The molecule has 1 aliphatic rings. The number of hydrogen-bond donors (Lipinski definition) is 0. The summed E-state index contributed by atoms with van der Waals surface area (Å²) in [6, 6.07) is 6.62. The van der Waals surface area contributed by atoms with Gasteiger partial charge in [0.15, 0.2) is 0 Å². The highest BCUT2D eigenvalue weighted by Gasteiger charge is 2.40. The molecule has 0 aliphatic carbocycles. The zero-order valence-corrected chi connectivity index (χ0v) is 12.8. The third kappa shape index (κ3) is 3.00. The quantitative estimate of drug-likeness (QED) is 0.482. The number of imide groups is 1. The fraction of sp³-hybridized carbons (Fsp3) is 0.444. The van der Waals surface area contributed by atoms with Crippen molar-refractivity contribution >= 4 is 11.8 Å². The molecule has 2 rings (SSSR count). The summed E-state index contributed by atoms with van der Waals surface area (Å²) in [6.45, 7) is 6.09. The molecule has 0 saturated carbocycles. The first kappa shape index (κ1) is 15.3. The van der Waals surface area contributed by atoms with Gasteiger partial charge in [0.2, 0.25) is 0 Å². The standard InChI is InChI=1S/C18H21NO2/c1-4-5-6-7-12-16(13(2)3)19-17(20)14-10-8-9-11-15(14)18(19)21/h8-11,13,16H,4-6H2,1-3H3. The van der Waals surface area contributed by atoms with E-state index in [9.17, 15) is 9.59 Å². The van der Waals surface area contributed by atoms with Crippen LogP contribution >= 0.6 is 0 Å². The van der Waals surface area contributed by atoms with Gasteiger partial charge in [-0.3, -0.25) is 14.5 Å². The zero-order chi connectivity index (χ0) is 15.4. The normalized spacial score (nSPS) is 15.0. The smallest absolute Gasteiger partial charge is 0.262 e. The van der Waals surface area contributed by atoms with Crippen molar-refractivity contribution < 1.29 is 9.59 Å². The van der Waals surface area contributed by atoms with Gasteiger partial charge in [-0.1, -0.05) is 45.2 Å². The minimum Gasteiger partial charge on any atom is -0.269 e. The fourth-order valence-electron chi connectivity index (χ4n) is 2.43. The van der Waals surface area contributed by atoms with E-state index in [-0.39, 0.29) is 23.8 Å². The van der Waals surface area contributed by atoms with E-state index in [0.29, 0.717) is 11.1 Å². The van der Waals surface area contributed by atoms with Gasteiger partial charge in [0, 0.05) is 6.42 Å². The molecule has 1 aromatic carbocycles. The van der Waals surface area contributed by atoms with Gasteiger partial charge in [-0.05, 0) is 24.5 Å². The average Bonchev–Trinajstić information content (AvgIpc) is 2.72. The molecule has 0 N–H and O–H groups in total. The maximum Gasteiger partial charge on any atom is 0.262 e. The van der Waals surface area contributed by atoms with Gasteiger partial charge in [-0.2, -0.15) is 0 Å². The van der Waals surface area contributed by atoms with E-state index >= 15 is 0 Å². The van der Waals surface area contributed by atoms with Gasteiger partial charge in [-0.15, -0.1) is 5.92 Å². The SMILES string of the molecule is CCCCC#CC(C(C)C)N1C(=O)c2ccccc2C1=O. The number of unbranched alkanes of at least 4 members (excludes halogenated alkanes) is 2. The van der Waals surface area contributed by atoms with Crippen LogP contribution in [0.25, 0.3) is 0 Å². The summed E-state index contributed by atoms with van der Waals surface area (Å²) in [5, 5.41) is 0. The van der Waals surface area contributed by atoms with Crippen LogP contribution in [0.3, 0.4) is 0 Å². The van der Waals surface area contributed by atoms with E-state index in [1.807, 2.05) is 13.8 Å². The van der Waals surface area contributed by atoms with Crippen LogP contribution in [0.15, 0.2) is 24.3 Å². The summed E-state index contributed by atoms with van der Waals surface area (Å²) < 4.78 is 0. The lowest BCUT2D eigenvalue weighted by atomic mass is 10.0. The van der Waals surface area contributed by atoms with Crippen LogP contribution in [-0.4, -0.2) is 22.8 Å². The first-order valence-electron chi connectivity index (χ1n) is 7.53. The van der Waals surface area contributed by atoms with Crippen molar-refractivity contribution in [3.63, 3.8) is 0 Å². The van der Waals surface area contributed by atoms with Crippen LogP contribution in [0, 0.1) is 17.8 Å². The minimum absolute atomic E-state index is 0.112. The number of amides is 2. The number of benzene rings is 1. The first-order chi connectivity index (χ1) is 10.1. The molecule has 0 bridgehead atoms. The highest BCUT2D eigenvalue weighted by atomic mass is 16.2. The van der Waals surface area contributed by atoms with Crippen LogP contribution in [0.1, 0.15) is 60.7 Å². The molecule has 0 fully saturated rings. The Morgan fingerprint density at radius 1 is 1.10 bits per heavy atom. The van der Waals surface area contributed by atoms with Crippen LogP contribution in [0.2, 0.25) is 0 Å². The zero-order valence-electron chi connectivity index (χ0n) is 12.8. The molecule has 1 atom stereocenters. The Morgan fingerprint density at radius 3 is 2.14 bits per heavy atom. The molecular formula is C18H21NO2. The number of hydrogen-bond acceptors (Lipinski definition) is 2. The highest BCUT2D eigenvalue weighted by molar-refractivity contribution is 6.21. The van der Waals surface area contributed by atoms with Gasteiger partial charge in [0.1, 0.15) is 6.04 Å². The molecule has 2 amide bonds. The molecule has 0 saturated heterocycles. The van der Waals surface area contributed by atoms with E-state index in [1.54, 1.807) is 24.3 Å². The topological polar surface area (TPSA) is 37.4 Å². The lowest BCUT2D eigenvalue weighted by molar-refractivity contribution is 0.0590. The molecule has 21 heavy (non-hydrogen) atoms.